The number of allylic oxidation sites excluding steroid dienone is 2. The third-order valence-corrected chi connectivity index (χ3v) is 8.06. The van der Waals surface area contributed by atoms with Crippen LogP contribution in [0.5, 0.6) is 11.6 Å². The maximum absolute atomic E-state index is 15.0. The molecule has 1 saturated carbocycles. The molecule has 1 fully saturated rings. The molecule has 39 heavy (non-hydrogen) atoms. The van der Waals surface area contributed by atoms with Crippen molar-refractivity contribution in [2.45, 2.75) is 64.9 Å². The van der Waals surface area contributed by atoms with Crippen LogP contribution in [0.15, 0.2) is 60.8 Å². The van der Waals surface area contributed by atoms with Gasteiger partial charge in [0.2, 0.25) is 5.88 Å². The molecule has 0 spiro atoms. The Morgan fingerprint density at radius 1 is 1.13 bits per heavy atom. The first-order chi connectivity index (χ1) is 18.7. The molecule has 2 aliphatic carbocycles. The summed E-state index contributed by atoms with van der Waals surface area (Å²) in [5.74, 6) is 0.383. The van der Waals surface area contributed by atoms with Gasteiger partial charge in [-0.2, -0.15) is 0 Å². The Bertz CT molecular complexity index is 1390. The van der Waals surface area contributed by atoms with Gasteiger partial charge in [0.25, 0.3) is 0 Å². The van der Waals surface area contributed by atoms with Crippen LogP contribution in [0.1, 0.15) is 75.0 Å². The van der Waals surface area contributed by atoms with Crippen molar-refractivity contribution < 1.29 is 23.8 Å². The van der Waals surface area contributed by atoms with Gasteiger partial charge in [-0.05, 0) is 95.4 Å². The fourth-order valence-electron chi connectivity index (χ4n) is 5.80. The number of aliphatic carboxylic acids is 1. The van der Waals surface area contributed by atoms with Crippen LogP contribution in [0.2, 0.25) is 0 Å². The minimum absolute atomic E-state index is 0.0182. The second kappa shape index (κ2) is 11.2. The van der Waals surface area contributed by atoms with Crippen LogP contribution in [-0.4, -0.2) is 23.2 Å². The fraction of sp³-hybridized carbons (Fsp3) is 0.394. The zero-order valence-corrected chi connectivity index (χ0v) is 22.9. The van der Waals surface area contributed by atoms with E-state index in [1.807, 2.05) is 36.4 Å². The second-order valence-electron chi connectivity index (χ2n) is 11.4. The highest BCUT2D eigenvalue weighted by atomic mass is 19.1. The highest BCUT2D eigenvalue weighted by molar-refractivity contribution is 5.84. The first-order valence-electron chi connectivity index (χ1n) is 13.7. The molecule has 3 aromatic rings. The second-order valence-corrected chi connectivity index (χ2v) is 11.4. The van der Waals surface area contributed by atoms with Gasteiger partial charge in [-0.3, -0.25) is 4.79 Å². The van der Waals surface area contributed by atoms with E-state index in [0.717, 1.165) is 60.1 Å². The summed E-state index contributed by atoms with van der Waals surface area (Å²) in [5, 5.41) is 9.39. The van der Waals surface area contributed by atoms with E-state index >= 15 is 4.39 Å². The number of carbonyl (C=O) groups is 1. The molecule has 1 aromatic heterocycles. The Morgan fingerprint density at radius 3 is 2.67 bits per heavy atom. The summed E-state index contributed by atoms with van der Waals surface area (Å²) in [6, 6.07) is 15.5. The van der Waals surface area contributed by atoms with Gasteiger partial charge >= 0.3 is 5.97 Å². The van der Waals surface area contributed by atoms with Crippen molar-refractivity contribution in [3.05, 3.63) is 83.3 Å². The van der Waals surface area contributed by atoms with E-state index in [2.05, 4.69) is 31.0 Å². The zero-order chi connectivity index (χ0) is 27.6. The van der Waals surface area contributed by atoms with Gasteiger partial charge in [-0.15, -0.1) is 0 Å². The molecule has 0 amide bonds. The van der Waals surface area contributed by atoms with E-state index in [0.29, 0.717) is 24.0 Å². The molecular weight excluding hydrogens is 493 g/mol. The molecule has 6 heteroatoms. The Labute approximate surface area is 229 Å². The number of halogens is 1. The van der Waals surface area contributed by atoms with Gasteiger partial charge < -0.3 is 14.6 Å². The number of ether oxygens (including phenoxy) is 2. The summed E-state index contributed by atoms with van der Waals surface area (Å²) in [4.78, 5) is 15.5. The molecule has 5 nitrogen and oxygen atoms in total. The molecule has 1 N–H and O–H groups in total. The quantitative estimate of drug-likeness (QED) is 0.288. The third kappa shape index (κ3) is 6.16. The highest BCUT2D eigenvalue weighted by Crippen LogP contribution is 2.47. The van der Waals surface area contributed by atoms with Gasteiger partial charge in [-0.1, -0.05) is 44.2 Å². The Hall–Kier alpha value is -3.67. The number of rotatable bonds is 10. The Kier molecular flexibility index (Phi) is 7.74. The van der Waals surface area contributed by atoms with E-state index in [1.54, 1.807) is 6.07 Å². The van der Waals surface area contributed by atoms with Crippen LogP contribution in [-0.2, 0) is 11.4 Å². The fourth-order valence-corrected chi connectivity index (χ4v) is 5.80. The van der Waals surface area contributed by atoms with E-state index in [-0.39, 0.29) is 17.8 Å². The van der Waals surface area contributed by atoms with Crippen LogP contribution in [0.25, 0.3) is 16.7 Å². The molecule has 0 saturated heterocycles. The maximum atomic E-state index is 15.0. The average molecular weight is 530 g/mol. The van der Waals surface area contributed by atoms with Gasteiger partial charge in [0.05, 0.1) is 19.7 Å². The predicted molar refractivity (Wildman–Crippen MR) is 150 cm³/mol. The molecular formula is C33H36FNO4. The SMILES string of the molecule is COc1cc(-c2ccc(COc3cccc([C@H](CC(=O)O)C4CC4)c3)cc2C2=CCCCC2(C)C)c(F)cn1. The number of benzene rings is 2. The summed E-state index contributed by atoms with van der Waals surface area (Å²) >= 11 is 0. The summed E-state index contributed by atoms with van der Waals surface area (Å²) < 4.78 is 26.6. The number of hydrogen-bond acceptors (Lipinski definition) is 4. The number of nitrogens with zero attached hydrogens (tertiary/aromatic N) is 1. The molecule has 0 unspecified atom stereocenters. The number of aromatic nitrogens is 1. The summed E-state index contributed by atoms with van der Waals surface area (Å²) in [5.41, 5.74) is 5.43. The van der Waals surface area contributed by atoms with Crippen LogP contribution < -0.4 is 9.47 Å². The van der Waals surface area contributed by atoms with E-state index in [9.17, 15) is 9.90 Å². The lowest BCUT2D eigenvalue weighted by Crippen LogP contribution is -2.18. The number of carboxylic acid groups (broad SMARTS) is 1. The zero-order valence-electron chi connectivity index (χ0n) is 22.9. The summed E-state index contributed by atoms with van der Waals surface area (Å²) in [7, 11) is 1.53. The van der Waals surface area contributed by atoms with Crippen molar-refractivity contribution >= 4 is 11.5 Å². The van der Waals surface area contributed by atoms with Crippen molar-refractivity contribution in [2.24, 2.45) is 11.3 Å². The molecule has 0 aliphatic heterocycles. The van der Waals surface area contributed by atoms with Crippen LogP contribution >= 0.6 is 0 Å². The summed E-state index contributed by atoms with van der Waals surface area (Å²) in [6.45, 7) is 4.83. The molecule has 2 aromatic carbocycles. The van der Waals surface area contributed by atoms with Crippen molar-refractivity contribution in [1.29, 1.82) is 0 Å². The molecule has 5 rings (SSSR count). The molecule has 2 aliphatic rings. The van der Waals surface area contributed by atoms with E-state index in [1.165, 1.54) is 18.9 Å². The molecule has 1 atom stereocenters. The van der Waals surface area contributed by atoms with Crippen molar-refractivity contribution in [2.75, 3.05) is 7.11 Å². The topological polar surface area (TPSA) is 68.7 Å². The minimum atomic E-state index is -0.769. The first kappa shape index (κ1) is 26.9. The summed E-state index contributed by atoms with van der Waals surface area (Å²) in [6.07, 6.45) is 8.97. The van der Waals surface area contributed by atoms with Gasteiger partial charge in [-0.25, -0.2) is 9.37 Å². The lowest BCUT2D eigenvalue weighted by Gasteiger charge is -2.33. The number of carboxylic acids is 1. The normalized spacial score (nSPS) is 17.3. The highest BCUT2D eigenvalue weighted by Gasteiger charge is 2.34. The standard InChI is InChI=1S/C33H36FNO4/c1-33(2)14-5-4-9-29(33)27-15-21(10-13-25(27)28-17-31(38-3)35-19-30(28)34)20-39-24-8-6-7-23(16-24)26(18-32(36)37)22-11-12-22/h6-10,13,15-17,19,22,26H,4-5,11-12,14,18,20H2,1-3H3,(H,36,37)/t26-/m1/s1. The Morgan fingerprint density at radius 2 is 1.95 bits per heavy atom. The third-order valence-electron chi connectivity index (χ3n) is 8.06. The number of methoxy groups -OCH3 is 1. The molecule has 0 radical (unpaired) electrons. The first-order valence-corrected chi connectivity index (χ1v) is 13.7. The van der Waals surface area contributed by atoms with Crippen molar-refractivity contribution in [3.8, 4) is 22.8 Å². The largest absolute Gasteiger partial charge is 0.489 e. The maximum Gasteiger partial charge on any atom is 0.303 e. The van der Waals surface area contributed by atoms with Gasteiger partial charge in [0, 0.05) is 11.6 Å². The van der Waals surface area contributed by atoms with Crippen LogP contribution in [0.4, 0.5) is 4.39 Å². The van der Waals surface area contributed by atoms with Crippen LogP contribution in [0, 0.1) is 17.2 Å². The van der Waals surface area contributed by atoms with E-state index in [4.69, 9.17) is 9.47 Å². The van der Waals surface area contributed by atoms with Gasteiger partial charge in [0.15, 0.2) is 0 Å². The molecule has 0 bridgehead atoms. The van der Waals surface area contributed by atoms with Crippen molar-refractivity contribution in [3.63, 3.8) is 0 Å². The number of pyridine rings is 1. The van der Waals surface area contributed by atoms with E-state index < -0.39 is 11.8 Å². The minimum Gasteiger partial charge on any atom is -0.489 e. The monoisotopic (exact) mass is 529 g/mol. The molecule has 1 heterocycles. The Balaban J connectivity index is 1.46. The molecule has 204 valence electrons. The lowest BCUT2D eigenvalue weighted by atomic mass is 9.71. The average Bonchev–Trinajstić information content (AvgIpc) is 3.76. The van der Waals surface area contributed by atoms with Crippen LogP contribution in [0.3, 0.4) is 0 Å². The van der Waals surface area contributed by atoms with Gasteiger partial charge in [0.1, 0.15) is 18.2 Å². The van der Waals surface area contributed by atoms with Crippen molar-refractivity contribution in [1.82, 2.24) is 4.98 Å². The predicted octanol–water partition coefficient (Wildman–Crippen LogP) is 8.04. The smallest absolute Gasteiger partial charge is 0.303 e. The lowest BCUT2D eigenvalue weighted by molar-refractivity contribution is -0.137. The number of hydrogen-bond donors (Lipinski definition) is 1.